The summed E-state index contributed by atoms with van der Waals surface area (Å²) in [5.74, 6) is 0.0673. The largest absolute Gasteiger partial charge is 0.461 e. The standard InChI is InChI=1S/C18H18FN5O4S/c1-11(2)9-23-17(15-4-3-7-28-15)21-22-18(23)29-10-16(25)20-14-8-12(24(26)27)5-6-13(14)19/h3-8,11H,9-10H2,1-2H3,(H,20,25). The molecule has 1 N–H and O–H groups in total. The van der Waals surface area contributed by atoms with Gasteiger partial charge in [0.1, 0.15) is 5.82 Å². The van der Waals surface area contributed by atoms with Gasteiger partial charge in [0.15, 0.2) is 16.7 Å². The number of carbonyl (C=O) groups excluding carboxylic acids is 1. The minimum atomic E-state index is -0.753. The highest BCUT2D eigenvalue weighted by atomic mass is 32.2. The van der Waals surface area contributed by atoms with Gasteiger partial charge >= 0.3 is 0 Å². The van der Waals surface area contributed by atoms with Crippen LogP contribution < -0.4 is 5.32 Å². The van der Waals surface area contributed by atoms with Crippen molar-refractivity contribution in [3.05, 3.63) is 52.5 Å². The summed E-state index contributed by atoms with van der Waals surface area (Å²) in [5.41, 5.74) is -0.557. The van der Waals surface area contributed by atoms with Crippen LogP contribution in [0.25, 0.3) is 11.6 Å². The van der Waals surface area contributed by atoms with Crippen LogP contribution in [0.3, 0.4) is 0 Å². The number of furan rings is 1. The Balaban J connectivity index is 1.72. The topological polar surface area (TPSA) is 116 Å². The lowest BCUT2D eigenvalue weighted by Gasteiger charge is -2.11. The van der Waals surface area contributed by atoms with Gasteiger partial charge in [-0.1, -0.05) is 25.6 Å². The van der Waals surface area contributed by atoms with E-state index in [-0.39, 0.29) is 17.1 Å². The van der Waals surface area contributed by atoms with Crippen LogP contribution in [0, 0.1) is 21.8 Å². The van der Waals surface area contributed by atoms with Crippen LogP contribution in [0.5, 0.6) is 0 Å². The van der Waals surface area contributed by atoms with Gasteiger partial charge in [-0.15, -0.1) is 10.2 Å². The van der Waals surface area contributed by atoms with Crippen molar-refractivity contribution in [2.45, 2.75) is 25.5 Å². The molecular weight excluding hydrogens is 401 g/mol. The monoisotopic (exact) mass is 419 g/mol. The van der Waals surface area contributed by atoms with E-state index in [4.69, 9.17) is 4.42 Å². The number of thioether (sulfide) groups is 1. The van der Waals surface area contributed by atoms with Gasteiger partial charge in [-0.2, -0.15) is 0 Å². The molecule has 29 heavy (non-hydrogen) atoms. The Morgan fingerprint density at radius 1 is 1.38 bits per heavy atom. The first-order valence-corrected chi connectivity index (χ1v) is 9.67. The first-order chi connectivity index (χ1) is 13.8. The Hall–Kier alpha value is -3.21. The molecule has 2 heterocycles. The molecule has 0 unspecified atom stereocenters. The van der Waals surface area contributed by atoms with Gasteiger partial charge in [0.05, 0.1) is 22.6 Å². The van der Waals surface area contributed by atoms with Gasteiger partial charge in [-0.25, -0.2) is 4.39 Å². The molecule has 3 rings (SSSR count). The highest BCUT2D eigenvalue weighted by molar-refractivity contribution is 7.99. The van der Waals surface area contributed by atoms with E-state index in [1.807, 2.05) is 18.4 Å². The number of halogens is 1. The van der Waals surface area contributed by atoms with E-state index in [2.05, 4.69) is 15.5 Å². The molecule has 152 valence electrons. The van der Waals surface area contributed by atoms with Gasteiger partial charge in [0, 0.05) is 18.7 Å². The molecule has 0 saturated heterocycles. The fraction of sp³-hybridized carbons (Fsp3) is 0.278. The third kappa shape index (κ3) is 4.99. The molecule has 11 heteroatoms. The summed E-state index contributed by atoms with van der Waals surface area (Å²) < 4.78 is 21.1. The summed E-state index contributed by atoms with van der Waals surface area (Å²) in [6.45, 7) is 4.70. The second kappa shape index (κ2) is 8.86. The molecule has 0 bridgehead atoms. The van der Waals surface area contributed by atoms with E-state index >= 15 is 0 Å². The summed E-state index contributed by atoms with van der Waals surface area (Å²) >= 11 is 1.13. The van der Waals surface area contributed by atoms with Crippen molar-refractivity contribution in [3.8, 4) is 11.6 Å². The third-order valence-electron chi connectivity index (χ3n) is 3.77. The predicted molar refractivity (Wildman–Crippen MR) is 105 cm³/mol. The first-order valence-electron chi connectivity index (χ1n) is 8.69. The summed E-state index contributed by atoms with van der Waals surface area (Å²) in [6, 6.07) is 6.47. The Kier molecular flexibility index (Phi) is 6.27. The van der Waals surface area contributed by atoms with Crippen molar-refractivity contribution in [2.24, 2.45) is 5.92 Å². The minimum Gasteiger partial charge on any atom is -0.461 e. The first kappa shape index (κ1) is 20.5. The van der Waals surface area contributed by atoms with Crippen molar-refractivity contribution >= 4 is 29.0 Å². The summed E-state index contributed by atoms with van der Waals surface area (Å²) in [6.07, 6.45) is 1.54. The fourth-order valence-electron chi connectivity index (χ4n) is 2.55. The van der Waals surface area contributed by atoms with Crippen molar-refractivity contribution < 1.29 is 18.5 Å². The number of anilines is 1. The van der Waals surface area contributed by atoms with Crippen molar-refractivity contribution in [1.82, 2.24) is 14.8 Å². The number of nitrogens with zero attached hydrogens (tertiary/aromatic N) is 4. The van der Waals surface area contributed by atoms with Crippen molar-refractivity contribution in [3.63, 3.8) is 0 Å². The summed E-state index contributed by atoms with van der Waals surface area (Å²) in [7, 11) is 0. The molecule has 3 aromatic rings. The number of nitro benzene ring substituents is 1. The number of benzene rings is 1. The number of hydrogen-bond donors (Lipinski definition) is 1. The maximum absolute atomic E-state index is 13.8. The Morgan fingerprint density at radius 3 is 2.83 bits per heavy atom. The maximum atomic E-state index is 13.8. The average Bonchev–Trinajstić information content (AvgIpc) is 3.31. The molecule has 0 atom stereocenters. The Labute approximate surface area is 169 Å². The number of nitro groups is 1. The zero-order valence-electron chi connectivity index (χ0n) is 15.7. The zero-order valence-corrected chi connectivity index (χ0v) is 16.5. The molecule has 0 saturated carbocycles. The van der Waals surface area contributed by atoms with Gasteiger partial charge in [0.2, 0.25) is 5.91 Å². The average molecular weight is 419 g/mol. The van der Waals surface area contributed by atoms with Crippen LogP contribution in [0.2, 0.25) is 0 Å². The molecule has 0 aliphatic heterocycles. The maximum Gasteiger partial charge on any atom is 0.271 e. The quantitative estimate of drug-likeness (QED) is 0.333. The minimum absolute atomic E-state index is 0.0729. The fourth-order valence-corrected chi connectivity index (χ4v) is 3.30. The van der Waals surface area contributed by atoms with Crippen LogP contribution >= 0.6 is 11.8 Å². The van der Waals surface area contributed by atoms with Crippen LogP contribution in [-0.2, 0) is 11.3 Å². The Morgan fingerprint density at radius 2 is 2.17 bits per heavy atom. The lowest BCUT2D eigenvalue weighted by Crippen LogP contribution is -2.16. The lowest BCUT2D eigenvalue weighted by molar-refractivity contribution is -0.384. The third-order valence-corrected chi connectivity index (χ3v) is 4.74. The molecule has 0 aliphatic rings. The normalized spacial score (nSPS) is 11.0. The predicted octanol–water partition coefficient (Wildman–Crippen LogP) is 3.97. The molecule has 1 aromatic carbocycles. The molecule has 0 fully saturated rings. The number of aromatic nitrogens is 3. The molecular formula is C18H18FN5O4S. The highest BCUT2D eigenvalue weighted by Crippen LogP contribution is 2.26. The number of carbonyl (C=O) groups is 1. The number of nitrogens with one attached hydrogen (secondary N) is 1. The molecule has 9 nitrogen and oxygen atoms in total. The summed E-state index contributed by atoms with van der Waals surface area (Å²) in [5, 5.41) is 22.0. The smallest absolute Gasteiger partial charge is 0.271 e. The second-order valence-corrected chi connectivity index (χ2v) is 7.49. The number of non-ortho nitro benzene ring substituents is 1. The van der Waals surface area contributed by atoms with Gasteiger partial charge in [-0.05, 0) is 24.1 Å². The molecule has 0 spiro atoms. The molecule has 0 radical (unpaired) electrons. The van der Waals surface area contributed by atoms with Crippen LogP contribution in [-0.4, -0.2) is 31.3 Å². The van der Waals surface area contributed by atoms with Crippen molar-refractivity contribution in [1.29, 1.82) is 0 Å². The second-order valence-electron chi connectivity index (χ2n) is 6.55. The lowest BCUT2D eigenvalue weighted by atomic mass is 10.2. The SMILES string of the molecule is CC(C)Cn1c(SCC(=O)Nc2cc([N+](=O)[O-])ccc2F)nnc1-c1ccco1. The van der Waals surface area contributed by atoms with Gasteiger partial charge < -0.3 is 9.73 Å². The zero-order chi connectivity index (χ0) is 21.0. The number of rotatable bonds is 8. The Bertz CT molecular complexity index is 1020. The molecule has 1 amide bonds. The van der Waals surface area contributed by atoms with Crippen LogP contribution in [0.15, 0.2) is 46.2 Å². The molecule has 0 aliphatic carbocycles. The van der Waals surface area contributed by atoms with Crippen molar-refractivity contribution in [2.75, 3.05) is 11.1 Å². The van der Waals surface area contributed by atoms with E-state index in [1.54, 1.807) is 12.1 Å². The summed E-state index contributed by atoms with van der Waals surface area (Å²) in [4.78, 5) is 22.4. The van der Waals surface area contributed by atoms with Gasteiger partial charge in [0.25, 0.3) is 5.69 Å². The highest BCUT2D eigenvalue weighted by Gasteiger charge is 2.19. The molecule has 2 aromatic heterocycles. The van der Waals surface area contributed by atoms with Gasteiger partial charge in [-0.3, -0.25) is 19.5 Å². The van der Waals surface area contributed by atoms with Crippen LogP contribution in [0.4, 0.5) is 15.8 Å². The van der Waals surface area contributed by atoms with E-state index < -0.39 is 16.6 Å². The van der Waals surface area contributed by atoms with E-state index in [9.17, 15) is 19.3 Å². The number of hydrogen-bond acceptors (Lipinski definition) is 7. The number of amides is 1. The van der Waals surface area contributed by atoms with E-state index in [1.165, 1.54) is 6.26 Å². The van der Waals surface area contributed by atoms with E-state index in [0.29, 0.717) is 29.2 Å². The van der Waals surface area contributed by atoms with Crippen LogP contribution in [0.1, 0.15) is 13.8 Å². The van der Waals surface area contributed by atoms with E-state index in [0.717, 1.165) is 30.0 Å².